The quantitative estimate of drug-likeness (QED) is 0.631. The van der Waals surface area contributed by atoms with E-state index in [1.54, 1.807) is 23.9 Å². The average molecular weight is 423 g/mol. The Balaban J connectivity index is 1.61. The van der Waals surface area contributed by atoms with E-state index in [0.717, 1.165) is 23.5 Å². The van der Waals surface area contributed by atoms with Gasteiger partial charge < -0.3 is 4.98 Å². The number of nitrogens with zero attached hydrogens (tertiary/aromatic N) is 1. The minimum absolute atomic E-state index is 0.0334. The van der Waals surface area contributed by atoms with Gasteiger partial charge in [0.25, 0.3) is 11.8 Å². The van der Waals surface area contributed by atoms with E-state index < -0.39 is 21.8 Å². The van der Waals surface area contributed by atoms with Gasteiger partial charge in [0.15, 0.2) is 0 Å². The Hall–Kier alpha value is -2.30. The maximum absolute atomic E-state index is 12.6. The number of aromatic nitrogens is 1. The molecule has 1 aromatic carbocycles. The number of rotatable bonds is 5. The number of hydrogen-bond acceptors (Lipinski definition) is 5. The van der Waals surface area contributed by atoms with E-state index >= 15 is 0 Å². The molecule has 1 aromatic heterocycles. The van der Waals surface area contributed by atoms with Crippen LogP contribution in [0.2, 0.25) is 0 Å². The summed E-state index contributed by atoms with van der Waals surface area (Å²) in [5.41, 5.74) is 6.18. The predicted octanol–water partition coefficient (Wildman–Crippen LogP) is 1.39. The Morgan fingerprint density at radius 2 is 1.75 bits per heavy atom. The Morgan fingerprint density at radius 3 is 2.39 bits per heavy atom. The molecule has 0 unspecified atom stereocenters. The fraction of sp³-hybridized carbons (Fsp3) is 0.333. The molecule has 2 amide bonds. The van der Waals surface area contributed by atoms with Crippen molar-refractivity contribution < 1.29 is 18.0 Å². The number of carbonyl (C=O) groups excluding carboxylic acids is 2. The molecule has 0 spiro atoms. The molecule has 150 valence electrons. The van der Waals surface area contributed by atoms with Gasteiger partial charge in [0, 0.05) is 36.4 Å². The van der Waals surface area contributed by atoms with Crippen LogP contribution in [0.3, 0.4) is 0 Å². The number of hydrogen-bond donors (Lipinski definition) is 3. The van der Waals surface area contributed by atoms with E-state index in [-0.39, 0.29) is 10.6 Å². The molecular formula is C18H22N4O4S2. The number of aryl methyl sites for hydroxylation is 1. The molecule has 0 aliphatic carbocycles. The van der Waals surface area contributed by atoms with Crippen LogP contribution in [0.5, 0.6) is 0 Å². The van der Waals surface area contributed by atoms with E-state index in [1.165, 1.54) is 16.6 Å². The number of amides is 2. The summed E-state index contributed by atoms with van der Waals surface area (Å²) in [5.74, 6) is 0.417. The summed E-state index contributed by atoms with van der Waals surface area (Å²) in [6.07, 6.45) is 2.16. The SMILES string of the molecule is CCc1ccc(C(=O)NNC(=O)c2cc(S(=O)(=O)N3CCSCC3)c[nH]2)cc1. The smallest absolute Gasteiger partial charge is 0.286 e. The van der Waals surface area contributed by atoms with E-state index in [9.17, 15) is 18.0 Å². The average Bonchev–Trinajstić information content (AvgIpc) is 3.24. The van der Waals surface area contributed by atoms with Crippen molar-refractivity contribution in [2.24, 2.45) is 0 Å². The first kappa shape index (κ1) is 20.4. The second-order valence-electron chi connectivity index (χ2n) is 6.22. The van der Waals surface area contributed by atoms with Gasteiger partial charge in [-0.1, -0.05) is 19.1 Å². The topological polar surface area (TPSA) is 111 Å². The van der Waals surface area contributed by atoms with Crippen LogP contribution in [0.1, 0.15) is 33.3 Å². The van der Waals surface area contributed by atoms with Gasteiger partial charge in [-0.25, -0.2) is 8.42 Å². The third-order valence-electron chi connectivity index (χ3n) is 4.42. The summed E-state index contributed by atoms with van der Waals surface area (Å²) in [6, 6.07) is 8.32. The van der Waals surface area contributed by atoms with Crippen molar-refractivity contribution in [1.29, 1.82) is 0 Å². The van der Waals surface area contributed by atoms with Gasteiger partial charge >= 0.3 is 0 Å². The molecule has 1 aliphatic rings. The fourth-order valence-corrected chi connectivity index (χ4v) is 5.31. The summed E-state index contributed by atoms with van der Waals surface area (Å²) in [6.45, 7) is 2.92. The number of sulfonamides is 1. The summed E-state index contributed by atoms with van der Waals surface area (Å²) in [4.78, 5) is 27.0. The number of nitrogens with one attached hydrogen (secondary N) is 3. The molecule has 2 aromatic rings. The van der Waals surface area contributed by atoms with Crippen LogP contribution in [0, 0.1) is 0 Å². The number of H-pyrrole nitrogens is 1. The summed E-state index contributed by atoms with van der Waals surface area (Å²) >= 11 is 1.71. The molecule has 1 saturated heterocycles. The first-order chi connectivity index (χ1) is 13.4. The van der Waals surface area contributed by atoms with E-state index in [1.807, 2.05) is 19.1 Å². The molecule has 2 heterocycles. The van der Waals surface area contributed by atoms with Crippen LogP contribution in [0.4, 0.5) is 0 Å². The molecule has 10 heteroatoms. The second kappa shape index (κ2) is 8.80. The summed E-state index contributed by atoms with van der Waals surface area (Å²) < 4.78 is 26.7. The Labute approximate surface area is 168 Å². The standard InChI is InChI=1S/C18H22N4O4S2/c1-2-13-3-5-14(6-4-13)17(23)20-21-18(24)16-11-15(12-19-16)28(25,26)22-7-9-27-10-8-22/h3-6,11-12,19H,2,7-10H2,1H3,(H,20,23)(H,21,24). The van der Waals surface area contributed by atoms with E-state index in [4.69, 9.17) is 0 Å². The molecule has 1 aliphatic heterocycles. The van der Waals surface area contributed by atoms with Crippen molar-refractivity contribution in [1.82, 2.24) is 20.1 Å². The van der Waals surface area contributed by atoms with Gasteiger partial charge in [-0.3, -0.25) is 20.4 Å². The third kappa shape index (κ3) is 4.57. The van der Waals surface area contributed by atoms with Crippen molar-refractivity contribution >= 4 is 33.6 Å². The lowest BCUT2D eigenvalue weighted by Crippen LogP contribution is -2.41. The van der Waals surface area contributed by atoms with Gasteiger partial charge in [-0.2, -0.15) is 16.1 Å². The van der Waals surface area contributed by atoms with E-state index in [0.29, 0.717) is 18.7 Å². The maximum atomic E-state index is 12.6. The van der Waals surface area contributed by atoms with Gasteiger partial charge in [0.05, 0.1) is 0 Å². The van der Waals surface area contributed by atoms with Crippen LogP contribution >= 0.6 is 11.8 Å². The number of hydrazine groups is 1. The van der Waals surface area contributed by atoms with Crippen LogP contribution in [0.15, 0.2) is 41.4 Å². The molecule has 8 nitrogen and oxygen atoms in total. The highest BCUT2D eigenvalue weighted by molar-refractivity contribution is 7.99. The first-order valence-electron chi connectivity index (χ1n) is 8.87. The van der Waals surface area contributed by atoms with Crippen molar-refractivity contribution in [3.05, 3.63) is 53.3 Å². The Kier molecular flexibility index (Phi) is 6.42. The largest absolute Gasteiger partial charge is 0.356 e. The normalized spacial score (nSPS) is 15.2. The highest BCUT2D eigenvalue weighted by Gasteiger charge is 2.27. The molecule has 3 N–H and O–H groups in total. The van der Waals surface area contributed by atoms with Gasteiger partial charge in [-0.05, 0) is 30.2 Å². The molecule has 3 rings (SSSR count). The number of carbonyl (C=O) groups is 2. The second-order valence-corrected chi connectivity index (χ2v) is 9.39. The van der Waals surface area contributed by atoms with Crippen molar-refractivity contribution in [2.75, 3.05) is 24.6 Å². The van der Waals surface area contributed by atoms with Crippen LogP contribution in [-0.2, 0) is 16.4 Å². The number of aromatic amines is 1. The van der Waals surface area contributed by atoms with Crippen LogP contribution in [-0.4, -0.2) is 54.1 Å². The van der Waals surface area contributed by atoms with Crippen molar-refractivity contribution in [3.63, 3.8) is 0 Å². The van der Waals surface area contributed by atoms with Gasteiger partial charge in [0.1, 0.15) is 10.6 Å². The number of thioether (sulfide) groups is 1. The first-order valence-corrected chi connectivity index (χ1v) is 11.5. The number of benzene rings is 1. The molecule has 0 bridgehead atoms. The zero-order valence-corrected chi connectivity index (χ0v) is 17.0. The van der Waals surface area contributed by atoms with Crippen LogP contribution in [0.25, 0.3) is 0 Å². The van der Waals surface area contributed by atoms with Crippen LogP contribution < -0.4 is 10.9 Å². The van der Waals surface area contributed by atoms with Gasteiger partial charge in [0.2, 0.25) is 10.0 Å². The third-order valence-corrected chi connectivity index (χ3v) is 7.24. The molecule has 0 radical (unpaired) electrons. The predicted molar refractivity (Wildman–Crippen MR) is 108 cm³/mol. The summed E-state index contributed by atoms with van der Waals surface area (Å²) in [7, 11) is -3.63. The lowest BCUT2D eigenvalue weighted by atomic mass is 10.1. The zero-order valence-electron chi connectivity index (χ0n) is 15.4. The van der Waals surface area contributed by atoms with Gasteiger partial charge in [-0.15, -0.1) is 0 Å². The lowest BCUT2D eigenvalue weighted by Gasteiger charge is -2.24. The van der Waals surface area contributed by atoms with E-state index in [2.05, 4.69) is 15.8 Å². The lowest BCUT2D eigenvalue weighted by molar-refractivity contribution is 0.0844. The van der Waals surface area contributed by atoms with Crippen molar-refractivity contribution in [3.8, 4) is 0 Å². The Morgan fingerprint density at radius 1 is 1.11 bits per heavy atom. The monoisotopic (exact) mass is 422 g/mol. The minimum Gasteiger partial charge on any atom is -0.356 e. The summed E-state index contributed by atoms with van der Waals surface area (Å²) in [5, 5.41) is 0. The fourth-order valence-electron chi connectivity index (χ4n) is 2.74. The molecular weight excluding hydrogens is 400 g/mol. The van der Waals surface area contributed by atoms with Crippen molar-refractivity contribution in [2.45, 2.75) is 18.2 Å². The highest BCUT2D eigenvalue weighted by atomic mass is 32.2. The zero-order chi connectivity index (χ0) is 20.1. The molecule has 0 saturated carbocycles. The molecule has 1 fully saturated rings. The Bertz CT molecular complexity index is 948. The molecule has 28 heavy (non-hydrogen) atoms. The molecule has 0 atom stereocenters. The minimum atomic E-state index is -3.63. The maximum Gasteiger partial charge on any atom is 0.286 e. The highest BCUT2D eigenvalue weighted by Crippen LogP contribution is 2.20.